The molecule has 1 atom stereocenters. The predicted molar refractivity (Wildman–Crippen MR) is 48.5 cm³/mol. The van der Waals surface area contributed by atoms with Gasteiger partial charge in [-0.1, -0.05) is 6.92 Å². The Balaban J connectivity index is 2.31. The molecule has 0 aromatic heterocycles. The average molecular weight is 164 g/mol. The molecule has 2 aliphatic rings. The van der Waals surface area contributed by atoms with Crippen LogP contribution in [0.5, 0.6) is 0 Å². The van der Waals surface area contributed by atoms with E-state index < -0.39 is 0 Å². The molecule has 0 amide bonds. The summed E-state index contributed by atoms with van der Waals surface area (Å²) in [4.78, 5) is 7.92. The van der Waals surface area contributed by atoms with Gasteiger partial charge in [-0.15, -0.1) is 0 Å². The molecule has 0 saturated heterocycles. The van der Waals surface area contributed by atoms with Crippen molar-refractivity contribution in [3.8, 4) is 0 Å². The molecule has 3 nitrogen and oxygen atoms in total. The number of rotatable bonds is 1. The quantitative estimate of drug-likeness (QED) is 0.576. The Labute approximate surface area is 72.7 Å². The SMILES string of the molecule is CCC1=CN(C)C[NH+]2C=CN=C12. The zero-order chi connectivity index (χ0) is 8.55. The maximum atomic E-state index is 4.35. The Morgan fingerprint density at radius 1 is 1.67 bits per heavy atom. The third-order valence-corrected chi connectivity index (χ3v) is 2.26. The number of quaternary nitrogens is 1. The van der Waals surface area contributed by atoms with Crippen LogP contribution in [0, 0.1) is 0 Å². The van der Waals surface area contributed by atoms with Gasteiger partial charge >= 0.3 is 0 Å². The molecule has 0 aromatic carbocycles. The molecule has 2 aliphatic heterocycles. The lowest BCUT2D eigenvalue weighted by Crippen LogP contribution is -3.11. The van der Waals surface area contributed by atoms with Gasteiger partial charge in [0.25, 0.3) is 0 Å². The smallest absolute Gasteiger partial charge is 0.236 e. The molecule has 2 rings (SSSR count). The minimum atomic E-state index is 0.999. The fourth-order valence-corrected chi connectivity index (χ4v) is 1.68. The first kappa shape index (κ1) is 7.55. The first-order valence-electron chi connectivity index (χ1n) is 4.33. The largest absolute Gasteiger partial charge is 0.334 e. The summed E-state index contributed by atoms with van der Waals surface area (Å²) in [6.45, 7) is 3.17. The molecule has 0 bridgehead atoms. The second-order valence-corrected chi connectivity index (χ2v) is 3.24. The molecule has 1 unspecified atom stereocenters. The Morgan fingerprint density at radius 2 is 2.50 bits per heavy atom. The number of nitrogens with zero attached hydrogens (tertiary/aromatic N) is 2. The lowest BCUT2D eigenvalue weighted by molar-refractivity contribution is -0.758. The van der Waals surface area contributed by atoms with Crippen LogP contribution in [-0.2, 0) is 0 Å². The Kier molecular flexibility index (Phi) is 1.73. The van der Waals surface area contributed by atoms with E-state index >= 15 is 0 Å². The second-order valence-electron chi connectivity index (χ2n) is 3.24. The van der Waals surface area contributed by atoms with Crippen molar-refractivity contribution in [2.75, 3.05) is 13.7 Å². The van der Waals surface area contributed by atoms with E-state index in [4.69, 9.17) is 0 Å². The molecule has 64 valence electrons. The van der Waals surface area contributed by atoms with E-state index in [1.54, 1.807) is 0 Å². The van der Waals surface area contributed by atoms with Crippen LogP contribution in [0.3, 0.4) is 0 Å². The molecular weight excluding hydrogens is 150 g/mol. The van der Waals surface area contributed by atoms with Crippen LogP contribution in [0.2, 0.25) is 0 Å². The highest BCUT2D eigenvalue weighted by atomic mass is 15.3. The summed E-state index contributed by atoms with van der Waals surface area (Å²) in [5.74, 6) is 1.20. The summed E-state index contributed by atoms with van der Waals surface area (Å²) < 4.78 is 0. The van der Waals surface area contributed by atoms with E-state index in [0.29, 0.717) is 0 Å². The van der Waals surface area contributed by atoms with Crippen molar-refractivity contribution < 1.29 is 4.90 Å². The Bertz CT molecular complexity index is 275. The molecule has 0 fully saturated rings. The molecule has 1 N–H and O–H groups in total. The molecule has 0 radical (unpaired) electrons. The van der Waals surface area contributed by atoms with Crippen LogP contribution < -0.4 is 4.90 Å². The van der Waals surface area contributed by atoms with Gasteiger partial charge in [-0.25, -0.2) is 4.90 Å². The average Bonchev–Trinajstić information content (AvgIpc) is 2.50. The zero-order valence-electron chi connectivity index (χ0n) is 7.54. The van der Waals surface area contributed by atoms with Crippen molar-refractivity contribution in [2.24, 2.45) is 4.99 Å². The summed E-state index contributed by atoms with van der Waals surface area (Å²) in [6, 6.07) is 0. The van der Waals surface area contributed by atoms with E-state index in [1.165, 1.54) is 16.3 Å². The van der Waals surface area contributed by atoms with E-state index in [-0.39, 0.29) is 0 Å². The second kappa shape index (κ2) is 2.75. The lowest BCUT2D eigenvalue weighted by Gasteiger charge is -2.25. The van der Waals surface area contributed by atoms with Gasteiger partial charge in [-0.05, 0) is 6.42 Å². The molecule has 0 aliphatic carbocycles. The van der Waals surface area contributed by atoms with Crippen molar-refractivity contribution in [3.63, 3.8) is 0 Å². The number of aliphatic imine (C=N–C) groups is 1. The van der Waals surface area contributed by atoms with Crippen LogP contribution in [0.1, 0.15) is 13.3 Å². The first-order valence-corrected chi connectivity index (χ1v) is 4.33. The topological polar surface area (TPSA) is 20.0 Å². The number of nitrogens with one attached hydrogen (secondary N) is 1. The predicted octanol–water partition coefficient (Wildman–Crippen LogP) is -0.0486. The molecular formula is C9H14N3+. The fraction of sp³-hybridized carbons (Fsp3) is 0.444. The Hall–Kier alpha value is -1.09. The minimum absolute atomic E-state index is 0.999. The van der Waals surface area contributed by atoms with E-state index in [1.807, 2.05) is 6.20 Å². The molecule has 3 heteroatoms. The van der Waals surface area contributed by atoms with Gasteiger partial charge in [-0.2, -0.15) is 4.99 Å². The zero-order valence-corrected chi connectivity index (χ0v) is 7.54. The molecule has 12 heavy (non-hydrogen) atoms. The van der Waals surface area contributed by atoms with Gasteiger partial charge in [0.1, 0.15) is 6.20 Å². The molecule has 2 heterocycles. The van der Waals surface area contributed by atoms with Gasteiger partial charge in [0, 0.05) is 18.8 Å². The molecule has 0 aromatic rings. The lowest BCUT2D eigenvalue weighted by atomic mass is 10.1. The summed E-state index contributed by atoms with van der Waals surface area (Å²) >= 11 is 0. The number of hydrogen-bond acceptors (Lipinski definition) is 2. The van der Waals surface area contributed by atoms with Gasteiger partial charge in [0.05, 0.1) is 6.20 Å². The van der Waals surface area contributed by atoms with Gasteiger partial charge in [0.15, 0.2) is 6.67 Å². The van der Waals surface area contributed by atoms with Crippen LogP contribution in [-0.4, -0.2) is 24.5 Å². The maximum Gasteiger partial charge on any atom is 0.236 e. The van der Waals surface area contributed by atoms with E-state index in [0.717, 1.165) is 13.1 Å². The van der Waals surface area contributed by atoms with Gasteiger partial charge < -0.3 is 4.90 Å². The monoisotopic (exact) mass is 164 g/mol. The summed E-state index contributed by atoms with van der Waals surface area (Å²) in [5.41, 5.74) is 1.35. The fourth-order valence-electron chi connectivity index (χ4n) is 1.68. The van der Waals surface area contributed by atoms with E-state index in [9.17, 15) is 0 Å². The van der Waals surface area contributed by atoms with Crippen LogP contribution in [0.15, 0.2) is 29.2 Å². The van der Waals surface area contributed by atoms with E-state index in [2.05, 4.69) is 36.3 Å². The standard InChI is InChI=1S/C9H13N3/c1-3-8-6-11(2)7-12-5-4-10-9(8)12/h4-6H,3,7H2,1-2H3/p+1. The van der Waals surface area contributed by atoms with Crippen LogP contribution >= 0.6 is 0 Å². The highest BCUT2D eigenvalue weighted by molar-refractivity contribution is 5.93. The number of hydrogen-bond donors (Lipinski definition) is 1. The molecule has 0 saturated carbocycles. The number of amidine groups is 1. The third-order valence-electron chi connectivity index (χ3n) is 2.26. The normalized spacial score (nSPS) is 26.8. The summed E-state index contributed by atoms with van der Waals surface area (Å²) in [6.07, 6.45) is 7.26. The summed E-state index contributed by atoms with van der Waals surface area (Å²) in [7, 11) is 2.10. The maximum absolute atomic E-state index is 4.35. The van der Waals surface area contributed by atoms with Crippen LogP contribution in [0.25, 0.3) is 0 Å². The summed E-state index contributed by atoms with van der Waals surface area (Å²) in [5, 5.41) is 0. The highest BCUT2D eigenvalue weighted by Gasteiger charge is 2.27. The van der Waals surface area contributed by atoms with Crippen molar-refractivity contribution in [3.05, 3.63) is 24.2 Å². The van der Waals surface area contributed by atoms with Crippen molar-refractivity contribution >= 4 is 5.84 Å². The van der Waals surface area contributed by atoms with Crippen LogP contribution in [0.4, 0.5) is 0 Å². The van der Waals surface area contributed by atoms with Crippen molar-refractivity contribution in [1.29, 1.82) is 0 Å². The van der Waals surface area contributed by atoms with Crippen molar-refractivity contribution in [1.82, 2.24) is 4.90 Å². The minimum Gasteiger partial charge on any atom is -0.334 e. The third kappa shape index (κ3) is 1.06. The highest BCUT2D eigenvalue weighted by Crippen LogP contribution is 2.07. The first-order chi connectivity index (χ1) is 5.81. The Morgan fingerprint density at radius 3 is 3.25 bits per heavy atom. The number of fused-ring (bicyclic) bond motifs is 1. The van der Waals surface area contributed by atoms with Gasteiger partial charge in [-0.3, -0.25) is 0 Å². The van der Waals surface area contributed by atoms with Crippen molar-refractivity contribution in [2.45, 2.75) is 13.3 Å². The molecule has 0 spiro atoms. The van der Waals surface area contributed by atoms with Gasteiger partial charge in [0.2, 0.25) is 5.84 Å².